The smallest absolute Gasteiger partial charge is 0.337 e. The predicted octanol–water partition coefficient (Wildman–Crippen LogP) is 3.23. The fourth-order valence-electron chi connectivity index (χ4n) is 3.71. The first-order valence-electron chi connectivity index (χ1n) is 10.4. The Bertz CT molecular complexity index is 1130. The SMILES string of the molecule is COC(=O)c1cc(CNC(=O)[C@@H]2CCOC(C)(C)C2)cc(NS(=O)(=O)c2ccc(F)cc2)c1. The van der Waals surface area contributed by atoms with Crippen molar-refractivity contribution in [1.29, 1.82) is 0 Å². The molecule has 2 N–H and O–H groups in total. The number of amides is 1. The first-order valence-corrected chi connectivity index (χ1v) is 11.9. The van der Waals surface area contributed by atoms with Gasteiger partial charge in [0.2, 0.25) is 5.91 Å². The Hall–Kier alpha value is -2.98. The molecule has 2 aromatic rings. The van der Waals surface area contributed by atoms with Crippen LogP contribution in [0.15, 0.2) is 47.4 Å². The molecule has 1 saturated heterocycles. The van der Waals surface area contributed by atoms with E-state index in [4.69, 9.17) is 9.47 Å². The van der Waals surface area contributed by atoms with Crippen LogP contribution in [0.5, 0.6) is 0 Å². The highest BCUT2D eigenvalue weighted by atomic mass is 32.2. The van der Waals surface area contributed by atoms with Crippen molar-refractivity contribution in [3.8, 4) is 0 Å². The molecule has 1 aliphatic heterocycles. The van der Waals surface area contributed by atoms with Gasteiger partial charge in [0.25, 0.3) is 10.0 Å². The van der Waals surface area contributed by atoms with Crippen molar-refractivity contribution < 1.29 is 31.9 Å². The molecule has 10 heteroatoms. The van der Waals surface area contributed by atoms with E-state index in [0.29, 0.717) is 25.0 Å². The number of carbonyl (C=O) groups excluding carboxylic acids is 2. The van der Waals surface area contributed by atoms with Gasteiger partial charge in [0.1, 0.15) is 5.82 Å². The topological polar surface area (TPSA) is 111 Å². The van der Waals surface area contributed by atoms with Crippen molar-refractivity contribution in [2.24, 2.45) is 5.92 Å². The molecule has 33 heavy (non-hydrogen) atoms. The van der Waals surface area contributed by atoms with Gasteiger partial charge in [0, 0.05) is 19.1 Å². The van der Waals surface area contributed by atoms with Crippen LogP contribution in [-0.4, -0.2) is 39.6 Å². The molecular formula is C23H27FN2O6S. The van der Waals surface area contributed by atoms with Crippen LogP contribution in [-0.2, 0) is 30.8 Å². The molecule has 0 spiro atoms. The molecule has 178 valence electrons. The lowest BCUT2D eigenvalue weighted by molar-refractivity contribution is -0.135. The van der Waals surface area contributed by atoms with Crippen molar-refractivity contribution in [2.45, 2.75) is 43.7 Å². The molecule has 0 saturated carbocycles. The summed E-state index contributed by atoms with van der Waals surface area (Å²) in [5.41, 5.74) is 0.359. The van der Waals surface area contributed by atoms with Gasteiger partial charge in [-0.3, -0.25) is 9.52 Å². The molecule has 0 unspecified atom stereocenters. The number of sulfonamides is 1. The number of esters is 1. The van der Waals surface area contributed by atoms with Gasteiger partial charge in [-0.1, -0.05) is 0 Å². The second-order valence-corrected chi connectivity index (χ2v) is 10.2. The molecular weight excluding hydrogens is 451 g/mol. The maximum atomic E-state index is 13.2. The van der Waals surface area contributed by atoms with E-state index in [2.05, 4.69) is 10.0 Å². The molecule has 0 bridgehead atoms. The minimum atomic E-state index is -4.03. The summed E-state index contributed by atoms with van der Waals surface area (Å²) >= 11 is 0. The largest absolute Gasteiger partial charge is 0.465 e. The first-order chi connectivity index (χ1) is 15.5. The van der Waals surface area contributed by atoms with Crippen LogP contribution in [0.3, 0.4) is 0 Å². The Kier molecular flexibility index (Phi) is 7.38. The van der Waals surface area contributed by atoms with Crippen LogP contribution in [0.2, 0.25) is 0 Å². The zero-order valence-corrected chi connectivity index (χ0v) is 19.5. The van der Waals surface area contributed by atoms with Crippen LogP contribution < -0.4 is 10.0 Å². The summed E-state index contributed by atoms with van der Waals surface area (Å²) in [5, 5.41) is 2.85. The molecule has 3 rings (SSSR count). The van der Waals surface area contributed by atoms with Gasteiger partial charge >= 0.3 is 5.97 Å². The van der Waals surface area contributed by atoms with E-state index >= 15 is 0 Å². The van der Waals surface area contributed by atoms with Crippen molar-refractivity contribution >= 4 is 27.6 Å². The zero-order valence-electron chi connectivity index (χ0n) is 18.7. The Morgan fingerprint density at radius 1 is 1.18 bits per heavy atom. The average molecular weight is 479 g/mol. The van der Waals surface area contributed by atoms with Crippen LogP contribution in [0.1, 0.15) is 42.6 Å². The van der Waals surface area contributed by atoms with E-state index in [9.17, 15) is 22.4 Å². The maximum Gasteiger partial charge on any atom is 0.337 e. The highest BCUT2D eigenvalue weighted by Gasteiger charge is 2.32. The highest BCUT2D eigenvalue weighted by molar-refractivity contribution is 7.92. The Morgan fingerprint density at radius 2 is 1.88 bits per heavy atom. The number of benzene rings is 2. The fraction of sp³-hybridized carbons (Fsp3) is 0.391. The van der Waals surface area contributed by atoms with Gasteiger partial charge in [0.05, 0.1) is 28.9 Å². The molecule has 1 atom stereocenters. The minimum Gasteiger partial charge on any atom is -0.465 e. The zero-order chi connectivity index (χ0) is 24.2. The lowest BCUT2D eigenvalue weighted by Crippen LogP contribution is -2.41. The molecule has 1 aliphatic rings. The second kappa shape index (κ2) is 9.88. The van der Waals surface area contributed by atoms with Crippen LogP contribution in [0, 0.1) is 11.7 Å². The fourth-order valence-corrected chi connectivity index (χ4v) is 4.75. The third-order valence-electron chi connectivity index (χ3n) is 5.32. The molecule has 0 aliphatic carbocycles. The van der Waals surface area contributed by atoms with Crippen molar-refractivity contribution in [1.82, 2.24) is 5.32 Å². The summed E-state index contributed by atoms with van der Waals surface area (Å²) in [7, 11) is -2.81. The molecule has 0 radical (unpaired) electrons. The van der Waals surface area contributed by atoms with Crippen molar-refractivity contribution in [2.75, 3.05) is 18.4 Å². The number of ether oxygens (including phenoxy) is 2. The molecule has 1 heterocycles. The van der Waals surface area contributed by atoms with E-state index in [-0.39, 0.29) is 40.1 Å². The number of rotatable bonds is 7. The number of methoxy groups -OCH3 is 1. The predicted molar refractivity (Wildman–Crippen MR) is 120 cm³/mol. The highest BCUT2D eigenvalue weighted by Crippen LogP contribution is 2.29. The number of hydrogen-bond acceptors (Lipinski definition) is 6. The summed E-state index contributed by atoms with van der Waals surface area (Å²) in [5.74, 6) is -1.55. The molecule has 1 amide bonds. The van der Waals surface area contributed by atoms with E-state index in [1.165, 1.54) is 25.3 Å². The van der Waals surface area contributed by atoms with Gasteiger partial charge < -0.3 is 14.8 Å². The van der Waals surface area contributed by atoms with E-state index in [0.717, 1.165) is 24.3 Å². The average Bonchev–Trinajstić information content (AvgIpc) is 2.76. The van der Waals surface area contributed by atoms with Gasteiger partial charge in [0.15, 0.2) is 0 Å². The summed E-state index contributed by atoms with van der Waals surface area (Å²) in [6.07, 6.45) is 1.20. The third kappa shape index (κ3) is 6.52. The van der Waals surface area contributed by atoms with Crippen molar-refractivity contribution in [3.63, 3.8) is 0 Å². The monoisotopic (exact) mass is 478 g/mol. The van der Waals surface area contributed by atoms with Crippen LogP contribution in [0.25, 0.3) is 0 Å². The summed E-state index contributed by atoms with van der Waals surface area (Å²) in [6.45, 7) is 4.46. The Balaban J connectivity index is 1.79. The molecule has 2 aromatic carbocycles. The summed E-state index contributed by atoms with van der Waals surface area (Å²) < 4.78 is 51.3. The van der Waals surface area contributed by atoms with Crippen LogP contribution in [0.4, 0.5) is 10.1 Å². The van der Waals surface area contributed by atoms with E-state index < -0.39 is 21.8 Å². The number of anilines is 1. The van der Waals surface area contributed by atoms with E-state index in [1.807, 2.05) is 13.8 Å². The number of carbonyl (C=O) groups is 2. The Morgan fingerprint density at radius 3 is 2.52 bits per heavy atom. The summed E-state index contributed by atoms with van der Waals surface area (Å²) in [4.78, 5) is 24.6. The first kappa shape index (κ1) is 24.7. The molecule has 1 fully saturated rings. The van der Waals surface area contributed by atoms with Crippen molar-refractivity contribution in [3.05, 3.63) is 59.4 Å². The number of halogens is 1. The maximum absolute atomic E-state index is 13.2. The normalized spacial score (nSPS) is 17.8. The third-order valence-corrected chi connectivity index (χ3v) is 6.72. The quantitative estimate of drug-likeness (QED) is 0.591. The Labute approximate surface area is 192 Å². The van der Waals surface area contributed by atoms with Gasteiger partial charge in [-0.2, -0.15) is 0 Å². The molecule has 0 aromatic heterocycles. The van der Waals surface area contributed by atoms with Crippen LogP contribution >= 0.6 is 0 Å². The van der Waals surface area contributed by atoms with Gasteiger partial charge in [-0.15, -0.1) is 0 Å². The number of hydrogen-bond donors (Lipinski definition) is 2. The van der Waals surface area contributed by atoms with E-state index in [1.54, 1.807) is 0 Å². The standard InChI is InChI=1S/C23H27FN2O6S/c1-23(2)13-16(8-9-32-23)21(27)25-14-15-10-17(22(28)31-3)12-19(11-15)26-33(29,30)20-6-4-18(24)5-7-20/h4-7,10-12,16,26H,8-9,13-14H2,1-3H3,(H,25,27)/t16-/m1/s1. The van der Waals surface area contributed by atoms with Gasteiger partial charge in [-0.05, 0) is 74.7 Å². The van der Waals surface area contributed by atoms with Gasteiger partial charge in [-0.25, -0.2) is 17.6 Å². The second-order valence-electron chi connectivity index (χ2n) is 8.49. The lowest BCUT2D eigenvalue weighted by atomic mass is 9.88. The summed E-state index contributed by atoms with van der Waals surface area (Å²) in [6, 6.07) is 8.73. The minimum absolute atomic E-state index is 0.0900. The number of nitrogens with one attached hydrogen (secondary N) is 2. The lowest BCUT2D eigenvalue weighted by Gasteiger charge is -2.34. The molecule has 8 nitrogen and oxygen atoms in total.